The number of methoxy groups -OCH3 is 1. The Balaban J connectivity index is 1.48. The first-order valence-electron chi connectivity index (χ1n) is 12.1. The van der Waals surface area contributed by atoms with E-state index in [1.54, 1.807) is 49.5 Å². The summed E-state index contributed by atoms with van der Waals surface area (Å²) < 4.78 is 33.2. The van der Waals surface area contributed by atoms with Crippen LogP contribution in [0, 0.1) is 0 Å². The highest BCUT2D eigenvalue weighted by molar-refractivity contribution is 7.92. The number of hydrogen-bond donors (Lipinski definition) is 4. The van der Waals surface area contributed by atoms with Crippen LogP contribution in [0.3, 0.4) is 0 Å². The summed E-state index contributed by atoms with van der Waals surface area (Å²) >= 11 is 6.31. The average Bonchev–Trinajstić information content (AvgIpc) is 3.44. The van der Waals surface area contributed by atoms with Gasteiger partial charge in [-0.1, -0.05) is 23.7 Å². The van der Waals surface area contributed by atoms with E-state index in [0.29, 0.717) is 40.7 Å². The summed E-state index contributed by atoms with van der Waals surface area (Å²) in [6.07, 6.45) is 3.64. The lowest BCUT2D eigenvalue weighted by molar-refractivity contribution is 0.0964. The Morgan fingerprint density at radius 3 is 2.61 bits per heavy atom. The molecule has 4 rings (SSSR count). The summed E-state index contributed by atoms with van der Waals surface area (Å²) in [7, 11) is -0.478. The van der Waals surface area contributed by atoms with Crippen LogP contribution in [0.5, 0.6) is 5.75 Å². The van der Waals surface area contributed by atoms with Crippen molar-refractivity contribution in [2.24, 2.45) is 0 Å². The molecule has 1 aliphatic heterocycles. The molecule has 0 spiro atoms. The number of aromatic nitrogens is 2. The SMILES string of the molecule is CNC(=O)c1ccccc1Nc1nc(Nc2ccc(NS(=O)(=O)CCN3CCCC3)cc2OC)ncc1Cl. The molecule has 0 bridgehead atoms. The highest BCUT2D eigenvalue weighted by Gasteiger charge is 2.18. The minimum absolute atomic E-state index is 0.0206. The molecule has 1 aliphatic rings. The standard InChI is InChI=1S/C25H30ClN7O4S/c1-27-24(34)18-7-3-4-8-20(18)29-23-19(26)16-28-25(31-23)30-21-10-9-17(15-22(21)37-2)32-38(35,36)14-13-33-11-5-6-12-33/h3-4,7-10,15-16,32H,5-6,11-14H2,1-2H3,(H,27,34)(H2,28,29,30,31). The molecule has 4 N–H and O–H groups in total. The van der Waals surface area contributed by atoms with Gasteiger partial charge in [-0.05, 0) is 50.2 Å². The van der Waals surface area contributed by atoms with Gasteiger partial charge in [-0.2, -0.15) is 4.98 Å². The van der Waals surface area contributed by atoms with Crippen molar-refractivity contribution in [1.29, 1.82) is 0 Å². The average molecular weight is 560 g/mol. The molecular formula is C25H30ClN7O4S. The van der Waals surface area contributed by atoms with Crippen molar-refractivity contribution in [1.82, 2.24) is 20.2 Å². The maximum Gasteiger partial charge on any atom is 0.253 e. The minimum Gasteiger partial charge on any atom is -0.494 e. The number of ether oxygens (including phenoxy) is 1. The molecular weight excluding hydrogens is 530 g/mol. The van der Waals surface area contributed by atoms with Gasteiger partial charge in [0.25, 0.3) is 5.91 Å². The fourth-order valence-corrected chi connectivity index (χ4v) is 5.26. The Labute approximate surface area is 227 Å². The number of halogens is 1. The monoisotopic (exact) mass is 559 g/mol. The van der Waals surface area contributed by atoms with Crippen LogP contribution < -0.4 is 25.4 Å². The van der Waals surface area contributed by atoms with Gasteiger partial charge in [-0.3, -0.25) is 9.52 Å². The Morgan fingerprint density at radius 2 is 1.87 bits per heavy atom. The molecule has 1 aromatic heterocycles. The summed E-state index contributed by atoms with van der Waals surface area (Å²) in [6.45, 7) is 2.38. The van der Waals surface area contributed by atoms with Gasteiger partial charge in [0.2, 0.25) is 16.0 Å². The molecule has 38 heavy (non-hydrogen) atoms. The van der Waals surface area contributed by atoms with E-state index in [4.69, 9.17) is 16.3 Å². The molecule has 0 aliphatic carbocycles. The summed E-state index contributed by atoms with van der Waals surface area (Å²) in [5.74, 6) is 0.663. The smallest absolute Gasteiger partial charge is 0.253 e. The number of sulfonamides is 1. The molecule has 202 valence electrons. The van der Waals surface area contributed by atoms with E-state index in [1.807, 2.05) is 0 Å². The van der Waals surface area contributed by atoms with Crippen LogP contribution in [0.2, 0.25) is 5.02 Å². The van der Waals surface area contributed by atoms with Gasteiger partial charge in [0, 0.05) is 19.7 Å². The summed E-state index contributed by atoms with van der Waals surface area (Å²) in [5, 5.41) is 9.01. The predicted molar refractivity (Wildman–Crippen MR) is 150 cm³/mol. The zero-order valence-corrected chi connectivity index (χ0v) is 22.7. The number of carbonyl (C=O) groups is 1. The van der Waals surface area contributed by atoms with E-state index in [9.17, 15) is 13.2 Å². The van der Waals surface area contributed by atoms with E-state index in [-0.39, 0.29) is 22.6 Å². The van der Waals surface area contributed by atoms with Crippen LogP contribution in [-0.2, 0) is 10.0 Å². The second kappa shape index (κ2) is 12.3. The number of anilines is 5. The number of hydrogen-bond acceptors (Lipinski definition) is 9. The van der Waals surface area contributed by atoms with E-state index in [1.165, 1.54) is 13.3 Å². The van der Waals surface area contributed by atoms with E-state index in [2.05, 4.69) is 35.5 Å². The van der Waals surface area contributed by atoms with Gasteiger partial charge >= 0.3 is 0 Å². The van der Waals surface area contributed by atoms with E-state index < -0.39 is 10.0 Å². The van der Waals surface area contributed by atoms with Gasteiger partial charge in [0.15, 0.2) is 5.82 Å². The normalized spacial score (nSPS) is 13.7. The largest absolute Gasteiger partial charge is 0.494 e. The molecule has 1 fully saturated rings. The lowest BCUT2D eigenvalue weighted by Gasteiger charge is -2.16. The van der Waals surface area contributed by atoms with E-state index >= 15 is 0 Å². The van der Waals surface area contributed by atoms with Gasteiger partial charge in [-0.15, -0.1) is 0 Å². The van der Waals surface area contributed by atoms with Crippen LogP contribution in [0.4, 0.5) is 28.8 Å². The molecule has 1 saturated heterocycles. The van der Waals surface area contributed by atoms with Crippen LogP contribution in [0.15, 0.2) is 48.7 Å². The number of amides is 1. The molecule has 0 radical (unpaired) electrons. The highest BCUT2D eigenvalue weighted by atomic mass is 35.5. The first kappa shape index (κ1) is 27.4. The number of nitrogens with one attached hydrogen (secondary N) is 4. The van der Waals surface area contributed by atoms with Crippen molar-refractivity contribution in [3.63, 3.8) is 0 Å². The van der Waals surface area contributed by atoms with Crippen molar-refractivity contribution >= 4 is 56.4 Å². The lowest BCUT2D eigenvalue weighted by Crippen LogP contribution is -2.29. The van der Waals surface area contributed by atoms with E-state index in [0.717, 1.165) is 25.9 Å². The third kappa shape index (κ3) is 7.03. The molecule has 11 nitrogen and oxygen atoms in total. The molecule has 2 aromatic carbocycles. The fourth-order valence-electron chi connectivity index (χ4n) is 4.03. The Morgan fingerprint density at radius 1 is 1.11 bits per heavy atom. The molecule has 2 heterocycles. The van der Waals surface area contributed by atoms with Crippen LogP contribution >= 0.6 is 11.6 Å². The van der Waals surface area contributed by atoms with Gasteiger partial charge in [-0.25, -0.2) is 13.4 Å². The van der Waals surface area contributed by atoms with Crippen molar-refractivity contribution in [3.05, 3.63) is 59.2 Å². The van der Waals surface area contributed by atoms with Crippen LogP contribution in [0.25, 0.3) is 0 Å². The molecule has 0 saturated carbocycles. The summed E-state index contributed by atoms with van der Waals surface area (Å²) in [6, 6.07) is 11.9. The van der Waals surface area contributed by atoms with Crippen LogP contribution in [0.1, 0.15) is 23.2 Å². The molecule has 3 aromatic rings. The first-order chi connectivity index (χ1) is 18.3. The number of carbonyl (C=O) groups excluding carboxylic acids is 1. The highest BCUT2D eigenvalue weighted by Crippen LogP contribution is 2.32. The van der Waals surface area contributed by atoms with Crippen molar-refractivity contribution in [2.45, 2.75) is 12.8 Å². The Bertz CT molecular complexity index is 1400. The number of rotatable bonds is 11. The lowest BCUT2D eigenvalue weighted by atomic mass is 10.1. The third-order valence-corrected chi connectivity index (χ3v) is 7.54. The fraction of sp³-hybridized carbons (Fsp3) is 0.320. The molecule has 1 amide bonds. The second-order valence-corrected chi connectivity index (χ2v) is 10.9. The Kier molecular flexibility index (Phi) is 8.87. The van der Waals surface area contributed by atoms with Crippen molar-refractivity contribution < 1.29 is 17.9 Å². The van der Waals surface area contributed by atoms with Gasteiger partial charge in [0.05, 0.1) is 41.7 Å². The summed E-state index contributed by atoms with van der Waals surface area (Å²) in [4.78, 5) is 23.0. The maximum atomic E-state index is 12.6. The zero-order chi connectivity index (χ0) is 27.1. The first-order valence-corrected chi connectivity index (χ1v) is 14.1. The third-order valence-electron chi connectivity index (χ3n) is 5.99. The zero-order valence-electron chi connectivity index (χ0n) is 21.1. The Hall–Kier alpha value is -3.61. The van der Waals surface area contributed by atoms with Gasteiger partial charge in [0.1, 0.15) is 10.8 Å². The second-order valence-electron chi connectivity index (χ2n) is 8.65. The maximum absolute atomic E-state index is 12.6. The topological polar surface area (TPSA) is 138 Å². The summed E-state index contributed by atoms with van der Waals surface area (Å²) in [5.41, 5.74) is 1.86. The van der Waals surface area contributed by atoms with Crippen LogP contribution in [-0.4, -0.2) is 68.7 Å². The number of nitrogens with zero attached hydrogens (tertiary/aromatic N) is 3. The molecule has 0 atom stereocenters. The van der Waals surface area contributed by atoms with Crippen molar-refractivity contribution in [3.8, 4) is 5.75 Å². The quantitative estimate of drug-likeness (QED) is 0.276. The van der Waals surface area contributed by atoms with Crippen molar-refractivity contribution in [2.75, 3.05) is 54.9 Å². The number of likely N-dealkylation sites (tertiary alicyclic amines) is 1. The molecule has 0 unspecified atom stereocenters. The minimum atomic E-state index is -3.51. The van der Waals surface area contributed by atoms with Gasteiger partial charge < -0.3 is 25.6 Å². The molecule has 13 heteroatoms. The predicted octanol–water partition coefficient (Wildman–Crippen LogP) is 3.82. The number of benzene rings is 2. The number of para-hydroxylation sites is 1.